The van der Waals surface area contributed by atoms with Crippen LogP contribution in [0.3, 0.4) is 0 Å². The Kier molecular flexibility index (Phi) is 11.0. The van der Waals surface area contributed by atoms with Crippen molar-refractivity contribution in [3.8, 4) is 11.5 Å². The molecule has 29 heavy (non-hydrogen) atoms. The van der Waals surface area contributed by atoms with Gasteiger partial charge in [-0.1, -0.05) is 74.9 Å². The highest BCUT2D eigenvalue weighted by atomic mass is 35.5. The predicted molar refractivity (Wildman–Crippen MR) is 123 cm³/mol. The molecule has 3 nitrogen and oxygen atoms in total. The monoisotopic (exact) mass is 417 g/mol. The first kappa shape index (κ1) is 23.6. The molecule has 0 aliphatic heterocycles. The number of unbranched alkanes of at least 4 members (excludes halogenated alkanes) is 5. The Hall–Kier alpha value is -1.71. The molecule has 4 heteroatoms. The van der Waals surface area contributed by atoms with Crippen molar-refractivity contribution in [2.45, 2.75) is 72.4 Å². The Bertz CT molecular complexity index is 733. The standard InChI is InChI=1S/C25H36ClNO2/c1-4-6-7-8-9-12-15-27-18-21-16-23(26)25(24(17-21)28-5-2)29-19-22-14-11-10-13-20(22)3/h10-11,13-14,16-17,27H,4-9,12,15,18-19H2,1-3H3. The molecule has 0 atom stereocenters. The fraction of sp³-hybridized carbons (Fsp3) is 0.520. The van der Waals surface area contributed by atoms with Gasteiger partial charge >= 0.3 is 0 Å². The van der Waals surface area contributed by atoms with E-state index in [-0.39, 0.29) is 0 Å². The second kappa shape index (κ2) is 13.5. The molecule has 2 rings (SSSR count). The zero-order valence-electron chi connectivity index (χ0n) is 18.2. The maximum absolute atomic E-state index is 6.55. The molecule has 0 bridgehead atoms. The van der Waals surface area contributed by atoms with Crippen molar-refractivity contribution in [2.24, 2.45) is 0 Å². The van der Waals surface area contributed by atoms with E-state index in [1.54, 1.807) is 0 Å². The van der Waals surface area contributed by atoms with Crippen LogP contribution in [0.25, 0.3) is 0 Å². The highest BCUT2D eigenvalue weighted by molar-refractivity contribution is 6.32. The Morgan fingerprint density at radius 3 is 2.45 bits per heavy atom. The Balaban J connectivity index is 1.90. The molecule has 1 N–H and O–H groups in total. The molecule has 0 saturated carbocycles. The molecule has 0 heterocycles. The number of rotatable bonds is 14. The molecule has 0 aliphatic carbocycles. The van der Waals surface area contributed by atoms with Crippen molar-refractivity contribution in [1.82, 2.24) is 5.32 Å². The number of halogens is 1. The van der Waals surface area contributed by atoms with Gasteiger partial charge in [0.1, 0.15) is 6.61 Å². The van der Waals surface area contributed by atoms with Crippen LogP contribution < -0.4 is 14.8 Å². The number of ether oxygens (including phenoxy) is 2. The van der Waals surface area contributed by atoms with Gasteiger partial charge in [0.25, 0.3) is 0 Å². The van der Waals surface area contributed by atoms with Gasteiger partial charge in [-0.25, -0.2) is 0 Å². The molecule has 0 radical (unpaired) electrons. The summed E-state index contributed by atoms with van der Waals surface area (Å²) in [7, 11) is 0. The SMILES string of the molecule is CCCCCCCCNCc1cc(Cl)c(OCc2ccccc2C)c(OCC)c1. The van der Waals surface area contributed by atoms with Gasteiger partial charge in [-0.15, -0.1) is 0 Å². The minimum Gasteiger partial charge on any atom is -0.490 e. The molecular formula is C25H36ClNO2. The number of hydrogen-bond donors (Lipinski definition) is 1. The van der Waals surface area contributed by atoms with Gasteiger partial charge in [0.05, 0.1) is 11.6 Å². The van der Waals surface area contributed by atoms with Crippen molar-refractivity contribution in [2.75, 3.05) is 13.2 Å². The lowest BCUT2D eigenvalue weighted by atomic mass is 10.1. The van der Waals surface area contributed by atoms with Crippen LogP contribution in [-0.2, 0) is 13.2 Å². The second-order valence-electron chi connectivity index (χ2n) is 7.50. The van der Waals surface area contributed by atoms with Crippen molar-refractivity contribution < 1.29 is 9.47 Å². The Morgan fingerprint density at radius 1 is 0.931 bits per heavy atom. The average Bonchev–Trinajstić information content (AvgIpc) is 2.71. The molecular weight excluding hydrogens is 382 g/mol. The maximum atomic E-state index is 6.55. The van der Waals surface area contributed by atoms with E-state index in [9.17, 15) is 0 Å². The second-order valence-corrected chi connectivity index (χ2v) is 7.90. The highest BCUT2D eigenvalue weighted by Crippen LogP contribution is 2.37. The van der Waals surface area contributed by atoms with E-state index in [1.165, 1.54) is 44.1 Å². The first-order chi connectivity index (χ1) is 14.2. The van der Waals surface area contributed by atoms with Crippen LogP contribution in [0.5, 0.6) is 11.5 Å². The Morgan fingerprint density at radius 2 is 1.69 bits per heavy atom. The van der Waals surface area contributed by atoms with Crippen LogP contribution in [0, 0.1) is 6.92 Å². The summed E-state index contributed by atoms with van der Waals surface area (Å²) >= 11 is 6.55. The van der Waals surface area contributed by atoms with E-state index in [2.05, 4.69) is 31.3 Å². The predicted octanol–water partition coefficient (Wildman–Crippen LogP) is 7.08. The lowest BCUT2D eigenvalue weighted by molar-refractivity contribution is 0.269. The van der Waals surface area contributed by atoms with Gasteiger partial charge in [0.2, 0.25) is 0 Å². The van der Waals surface area contributed by atoms with Crippen molar-refractivity contribution in [3.63, 3.8) is 0 Å². The highest BCUT2D eigenvalue weighted by Gasteiger charge is 2.13. The van der Waals surface area contributed by atoms with Crippen LogP contribution in [0.15, 0.2) is 36.4 Å². The summed E-state index contributed by atoms with van der Waals surface area (Å²) in [5.74, 6) is 1.33. The van der Waals surface area contributed by atoms with E-state index >= 15 is 0 Å². The summed E-state index contributed by atoms with van der Waals surface area (Å²) in [4.78, 5) is 0. The molecule has 0 unspecified atom stereocenters. The summed E-state index contributed by atoms with van der Waals surface area (Å²) in [6.45, 7) is 9.17. The molecule has 0 fully saturated rings. The van der Waals surface area contributed by atoms with E-state index in [0.717, 1.165) is 24.2 Å². The van der Waals surface area contributed by atoms with Crippen LogP contribution >= 0.6 is 11.6 Å². The lowest BCUT2D eigenvalue weighted by Crippen LogP contribution is -2.15. The molecule has 0 amide bonds. The molecule has 160 valence electrons. The lowest BCUT2D eigenvalue weighted by Gasteiger charge is -2.16. The van der Waals surface area contributed by atoms with Gasteiger partial charge in [-0.05, 0) is 55.6 Å². The first-order valence-corrected chi connectivity index (χ1v) is 11.4. The first-order valence-electron chi connectivity index (χ1n) is 11.0. The average molecular weight is 418 g/mol. The third-order valence-electron chi connectivity index (χ3n) is 5.04. The normalized spacial score (nSPS) is 10.9. The van der Waals surface area contributed by atoms with Crippen LogP contribution in [0.4, 0.5) is 0 Å². The molecule has 0 spiro atoms. The van der Waals surface area contributed by atoms with Gasteiger partial charge in [-0.3, -0.25) is 0 Å². The van der Waals surface area contributed by atoms with E-state index in [0.29, 0.717) is 29.7 Å². The fourth-order valence-corrected chi connectivity index (χ4v) is 3.60. The van der Waals surface area contributed by atoms with Crippen molar-refractivity contribution in [1.29, 1.82) is 0 Å². The third-order valence-corrected chi connectivity index (χ3v) is 5.32. The zero-order chi connectivity index (χ0) is 20.9. The molecule has 2 aromatic rings. The van der Waals surface area contributed by atoms with Gasteiger partial charge in [0, 0.05) is 6.54 Å². The number of benzene rings is 2. The molecule has 0 aromatic heterocycles. The third kappa shape index (κ3) is 8.28. The van der Waals surface area contributed by atoms with Gasteiger partial charge < -0.3 is 14.8 Å². The quantitative estimate of drug-likeness (QED) is 0.333. The number of hydrogen-bond acceptors (Lipinski definition) is 3. The zero-order valence-corrected chi connectivity index (χ0v) is 19.0. The van der Waals surface area contributed by atoms with E-state index in [4.69, 9.17) is 21.1 Å². The summed E-state index contributed by atoms with van der Waals surface area (Å²) in [6.07, 6.45) is 7.85. The van der Waals surface area contributed by atoms with Crippen LogP contribution in [0.2, 0.25) is 5.02 Å². The molecule has 0 saturated heterocycles. The van der Waals surface area contributed by atoms with Gasteiger partial charge in [-0.2, -0.15) is 0 Å². The van der Waals surface area contributed by atoms with E-state index in [1.807, 2.05) is 31.2 Å². The smallest absolute Gasteiger partial charge is 0.180 e. The van der Waals surface area contributed by atoms with Crippen LogP contribution in [0.1, 0.15) is 69.1 Å². The summed E-state index contributed by atoms with van der Waals surface area (Å²) < 4.78 is 11.9. The van der Waals surface area contributed by atoms with Crippen molar-refractivity contribution in [3.05, 3.63) is 58.1 Å². The fourth-order valence-electron chi connectivity index (χ4n) is 3.31. The maximum Gasteiger partial charge on any atom is 0.180 e. The minimum absolute atomic E-state index is 0.474. The Labute approximate surface area is 181 Å². The summed E-state index contributed by atoms with van der Waals surface area (Å²) in [6, 6.07) is 12.2. The van der Waals surface area contributed by atoms with Gasteiger partial charge in [0.15, 0.2) is 11.5 Å². The summed E-state index contributed by atoms with van der Waals surface area (Å²) in [5.41, 5.74) is 3.47. The van der Waals surface area contributed by atoms with E-state index < -0.39 is 0 Å². The number of nitrogens with one attached hydrogen (secondary N) is 1. The van der Waals surface area contributed by atoms with Crippen LogP contribution in [-0.4, -0.2) is 13.2 Å². The summed E-state index contributed by atoms with van der Waals surface area (Å²) in [5, 5.41) is 4.12. The molecule has 2 aromatic carbocycles. The largest absolute Gasteiger partial charge is 0.490 e. The van der Waals surface area contributed by atoms with Crippen molar-refractivity contribution >= 4 is 11.6 Å². The topological polar surface area (TPSA) is 30.5 Å². The number of aryl methyl sites for hydroxylation is 1. The molecule has 0 aliphatic rings. The minimum atomic E-state index is 0.474.